The molecule has 9 nitrogen and oxygen atoms in total. The van der Waals surface area contributed by atoms with Crippen molar-refractivity contribution in [3.8, 4) is 0 Å². The van der Waals surface area contributed by atoms with Crippen LogP contribution in [0.2, 0.25) is 0 Å². The molecule has 0 radical (unpaired) electrons. The summed E-state index contributed by atoms with van der Waals surface area (Å²) in [7, 11) is 1.76. The summed E-state index contributed by atoms with van der Waals surface area (Å²) in [5, 5.41) is -0.330. The van der Waals surface area contributed by atoms with E-state index in [0.29, 0.717) is 66.0 Å². The van der Waals surface area contributed by atoms with Gasteiger partial charge in [-0.2, -0.15) is 12.8 Å². The van der Waals surface area contributed by atoms with Crippen LogP contribution in [0.15, 0.2) is 141 Å². The number of carbonyl (C=O) groups is 6. The average Bonchev–Trinajstić information content (AvgIpc) is 1.62. The van der Waals surface area contributed by atoms with Crippen LogP contribution in [-0.2, 0) is 48.8 Å². The Bertz CT molecular complexity index is 3490. The van der Waals surface area contributed by atoms with Gasteiger partial charge in [0.05, 0.1) is 0 Å². The molecule has 7 saturated carbocycles. The molecule has 5 aromatic carbocycles. The number of hydrogen-bond acceptors (Lipinski definition) is 8. The quantitative estimate of drug-likeness (QED) is 0.0340. The molecule has 14 rings (SSSR count). The first-order valence-electron chi connectivity index (χ1n) is 38.4. The van der Waals surface area contributed by atoms with Crippen molar-refractivity contribution in [2.75, 3.05) is 7.05 Å². The fourth-order valence-electron chi connectivity index (χ4n) is 16.8. The number of nitrogens with zero attached hydrogens (tertiary/aromatic N) is 2. The largest absolute Gasteiger partial charge is 2.00 e. The molecule has 1 amide bonds. The Morgan fingerprint density at radius 2 is 0.970 bits per heavy atom. The minimum atomic E-state index is -0.798. The predicted octanol–water partition coefficient (Wildman–Crippen LogP) is 19.2. The van der Waals surface area contributed by atoms with Crippen LogP contribution in [0.1, 0.15) is 292 Å². The van der Waals surface area contributed by atoms with Crippen LogP contribution < -0.4 is 22.7 Å². The number of Topliss-reactive ketones (excluding diaryl/α,β-unsaturated/α-hetero) is 4. The summed E-state index contributed by atoms with van der Waals surface area (Å²) in [5.74, 6) is 3.01. The molecule has 0 aromatic heterocycles. The third-order valence-corrected chi connectivity index (χ3v) is 23.6. The average molecular weight is 1590 g/mol. The van der Waals surface area contributed by atoms with Crippen LogP contribution in [0.4, 0.5) is 0 Å². The van der Waals surface area contributed by atoms with Gasteiger partial charge in [-0.15, -0.1) is 0 Å². The molecule has 1 aliphatic heterocycles. The van der Waals surface area contributed by atoms with E-state index in [1.807, 2.05) is 66.7 Å². The van der Waals surface area contributed by atoms with E-state index in [2.05, 4.69) is 99.0 Å². The van der Waals surface area contributed by atoms with Gasteiger partial charge < -0.3 is 29.1 Å². The maximum absolute atomic E-state index is 13.3. The normalized spacial score (nSPS) is 20.5. The summed E-state index contributed by atoms with van der Waals surface area (Å²) in [5.41, 5.74) is 15.6. The number of nitrogens with two attached hydrogens (primary N) is 1. The second kappa shape index (κ2) is 44.6. The number of likely N-dealkylation sites (N-methyl/N-ethyl adjacent to an activating group) is 1. The standard InChI is InChI=1S/C21H29N3O.C19H24O2.C19H24O.C14H17BrO.C8H6BrClO.C6H11.BrH.Mg/c1-24-19(25)21(23-20(24)22,17-11-3-2-4-12-17)18-13-7-10-16(14-18)15-8-5-6-9-15;20-18(15-9-2-1-3-10-15)19(21)17-12-6-11-16(13-17)14-7-4-5-8-14;20-19(17-10-2-1-3-11-17)14-15-7-6-12-18(13-15)16-8-4-5-9-16;15-13-8-4-5-11(9-13)10-14(16)12-6-2-1-3-7-12;9-7-3-1-2-6(4-7)5-8(10)11;1-2-4-6-5-3-1;;/h7,10,13-15,17H,2-6,8-9,11-12H2,1H3,(H2,22,23);6,11-15H,1-5,7-10H2;6-8,12-13,17H,1-5,9-11,14H2;4-5,8-9,12H,1-3,6-7,10H2;1-4H,5H2;1H,2-6H2;1H;/q;;;;;-1;;+2/p-1. The third-order valence-electron chi connectivity index (χ3n) is 22.4. The number of aliphatic imine (C=N–C) groups is 1. The van der Waals surface area contributed by atoms with Crippen molar-refractivity contribution < 1.29 is 45.7 Å². The zero-order valence-electron chi connectivity index (χ0n) is 60.4. The van der Waals surface area contributed by atoms with Crippen molar-refractivity contribution in [3.63, 3.8) is 0 Å². The second-order valence-electron chi connectivity index (χ2n) is 29.7. The molecule has 101 heavy (non-hydrogen) atoms. The molecule has 0 spiro atoms. The molecule has 14 heteroatoms. The zero-order valence-corrected chi connectivity index (χ0v) is 67.3. The third kappa shape index (κ3) is 26.0. The fourth-order valence-corrected chi connectivity index (χ4v) is 17.8. The SMILES string of the molecule is CN1C(=O)C(c2cccc(C3CCCC3)c2)(C2CCCCC2)N=C1N.O=C(C(=O)C1CCCCC1)c1cccc(C2CCCC2)c1.O=C(Cc1cccc(Br)c1)C1CCCCC1.O=C(Cc1cccc(C2=CCCC2)c1)C1CCCCC1.O=C(Cl)Cc1cccc(Br)c1.[Br-].[CH-]1CCCCC1.[Mg+2]. The Kier molecular flexibility index (Phi) is 37.0. The van der Waals surface area contributed by atoms with Gasteiger partial charge in [0.1, 0.15) is 11.6 Å². The van der Waals surface area contributed by atoms with Gasteiger partial charge in [0.25, 0.3) is 5.91 Å². The summed E-state index contributed by atoms with van der Waals surface area (Å²) in [4.78, 5) is 79.4. The van der Waals surface area contributed by atoms with Crippen LogP contribution in [0, 0.1) is 30.1 Å². The maximum Gasteiger partial charge on any atom is 2.00 e. The van der Waals surface area contributed by atoms with Crippen molar-refractivity contribution in [3.05, 3.63) is 187 Å². The number of benzene rings is 5. The molecule has 0 bridgehead atoms. The maximum atomic E-state index is 13.3. The first kappa shape index (κ1) is 83.9. The minimum absolute atomic E-state index is 0. The molecular weight excluding hydrogens is 1480 g/mol. The molecule has 540 valence electrons. The van der Waals surface area contributed by atoms with Gasteiger partial charge in [0, 0.05) is 58.6 Å². The molecule has 8 aliphatic carbocycles. The van der Waals surface area contributed by atoms with E-state index in [-0.39, 0.29) is 74.6 Å². The smallest absolute Gasteiger partial charge is 1.00 e. The molecule has 1 unspecified atom stereocenters. The van der Waals surface area contributed by atoms with Gasteiger partial charge in [0.15, 0.2) is 11.5 Å². The van der Waals surface area contributed by atoms with E-state index in [4.69, 9.17) is 22.3 Å². The number of hydrogen-bond donors (Lipinski definition) is 1. The van der Waals surface area contributed by atoms with Crippen molar-refractivity contribution in [1.29, 1.82) is 0 Å². The number of carbonyl (C=O) groups excluding carboxylic acids is 6. The monoisotopic (exact) mass is 1590 g/mol. The van der Waals surface area contributed by atoms with Crippen LogP contribution in [0.3, 0.4) is 0 Å². The first-order valence-corrected chi connectivity index (χ1v) is 40.4. The van der Waals surface area contributed by atoms with E-state index in [1.54, 1.807) is 11.9 Å². The van der Waals surface area contributed by atoms with Crippen LogP contribution >= 0.6 is 43.5 Å². The number of allylic oxidation sites excluding steroid dienone is 2. The van der Waals surface area contributed by atoms with Crippen molar-refractivity contribution in [2.24, 2.45) is 34.4 Å². The molecule has 1 atom stereocenters. The molecular formula is C87H111Br3ClMgN3O6. The van der Waals surface area contributed by atoms with Gasteiger partial charge in [-0.05, 0) is 201 Å². The van der Waals surface area contributed by atoms with Gasteiger partial charge in [-0.3, -0.25) is 33.7 Å². The summed E-state index contributed by atoms with van der Waals surface area (Å²) in [6.07, 6.45) is 50.1. The Morgan fingerprint density at radius 3 is 1.43 bits per heavy atom. The minimum Gasteiger partial charge on any atom is -1.00 e. The molecule has 9 aliphatic rings. The van der Waals surface area contributed by atoms with Gasteiger partial charge in [-0.25, -0.2) is 4.99 Å². The number of halogens is 4. The van der Waals surface area contributed by atoms with E-state index >= 15 is 0 Å². The second-order valence-corrected chi connectivity index (χ2v) is 31.9. The Balaban J connectivity index is 0.000000176. The Morgan fingerprint density at radius 1 is 0.525 bits per heavy atom. The van der Waals surface area contributed by atoms with E-state index < -0.39 is 5.54 Å². The summed E-state index contributed by atoms with van der Waals surface area (Å²) < 4.78 is 2.02. The molecule has 1 heterocycles. The van der Waals surface area contributed by atoms with Gasteiger partial charge in [-0.1, -0.05) is 251 Å². The fraction of sp³-hybridized carbons (Fsp3) is 0.540. The van der Waals surface area contributed by atoms with E-state index in [1.165, 1.54) is 195 Å². The van der Waals surface area contributed by atoms with Crippen LogP contribution in [0.5, 0.6) is 0 Å². The topological polar surface area (TPSA) is 144 Å². The summed E-state index contributed by atoms with van der Waals surface area (Å²) >= 11 is 11.9. The first-order chi connectivity index (χ1) is 48.1. The van der Waals surface area contributed by atoms with Crippen molar-refractivity contribution in [2.45, 2.75) is 268 Å². The van der Waals surface area contributed by atoms with Gasteiger partial charge in [0.2, 0.25) is 16.8 Å². The number of ketones is 4. The Labute approximate surface area is 654 Å². The predicted molar refractivity (Wildman–Crippen MR) is 419 cm³/mol. The number of rotatable bonds is 16. The molecule has 0 saturated heterocycles. The van der Waals surface area contributed by atoms with Crippen LogP contribution in [-0.4, -0.2) is 75.2 Å². The van der Waals surface area contributed by atoms with Gasteiger partial charge >= 0.3 is 23.1 Å². The molecule has 7 fully saturated rings. The van der Waals surface area contributed by atoms with Crippen molar-refractivity contribution in [1.82, 2.24) is 4.90 Å². The number of amides is 1. The Hall–Kier alpha value is -4.37. The number of guanidine groups is 1. The van der Waals surface area contributed by atoms with E-state index in [9.17, 15) is 28.8 Å². The van der Waals surface area contributed by atoms with Crippen LogP contribution in [0.25, 0.3) is 5.57 Å². The summed E-state index contributed by atoms with van der Waals surface area (Å²) in [6.45, 7) is 0. The molecule has 5 aromatic rings. The van der Waals surface area contributed by atoms with E-state index in [0.717, 1.165) is 89.8 Å². The molecule has 2 N–H and O–H groups in total. The zero-order chi connectivity index (χ0) is 69.8. The summed E-state index contributed by atoms with van der Waals surface area (Å²) in [6, 6.07) is 40.8. The van der Waals surface area contributed by atoms with Crippen molar-refractivity contribution >= 4 is 112 Å².